The number of aryl methyl sites for hydroxylation is 1. The van der Waals surface area contributed by atoms with Gasteiger partial charge >= 0.3 is 0 Å². The Bertz CT molecular complexity index is 499. The summed E-state index contributed by atoms with van der Waals surface area (Å²) in [6.45, 7) is 0.954. The molecule has 2 rings (SSSR count). The number of amides is 2. The van der Waals surface area contributed by atoms with Gasteiger partial charge in [-0.2, -0.15) is 0 Å². The first-order chi connectivity index (χ1) is 9.13. The largest absolute Gasteiger partial charge is 0.384 e. The van der Waals surface area contributed by atoms with E-state index in [9.17, 15) is 9.59 Å². The molecule has 0 saturated heterocycles. The van der Waals surface area contributed by atoms with E-state index in [1.807, 2.05) is 12.1 Å². The molecule has 102 valence electrons. The van der Waals surface area contributed by atoms with Gasteiger partial charge in [0.25, 0.3) is 5.91 Å². The number of hydrogen-bond donors (Lipinski definition) is 2. The van der Waals surface area contributed by atoms with Crippen molar-refractivity contribution in [2.75, 3.05) is 32.5 Å². The molecule has 0 radical (unpaired) electrons. The summed E-state index contributed by atoms with van der Waals surface area (Å²) < 4.78 is 0. The van der Waals surface area contributed by atoms with Crippen molar-refractivity contribution in [3.63, 3.8) is 0 Å². The molecule has 0 aliphatic carbocycles. The Morgan fingerprint density at radius 1 is 1.42 bits per heavy atom. The fourth-order valence-electron chi connectivity index (χ4n) is 2.26. The average molecular weight is 261 g/mol. The maximum atomic E-state index is 12.4. The van der Waals surface area contributed by atoms with Crippen molar-refractivity contribution in [1.29, 1.82) is 0 Å². The van der Waals surface area contributed by atoms with Crippen molar-refractivity contribution in [1.82, 2.24) is 10.2 Å². The lowest BCUT2D eigenvalue weighted by molar-refractivity contribution is -0.121. The molecule has 1 aliphatic rings. The summed E-state index contributed by atoms with van der Waals surface area (Å²) in [4.78, 5) is 25.1. The Morgan fingerprint density at radius 2 is 2.21 bits per heavy atom. The summed E-state index contributed by atoms with van der Waals surface area (Å²) in [6, 6.07) is 5.74. The molecule has 2 N–H and O–H groups in total. The molecule has 0 spiro atoms. The molecule has 1 aromatic carbocycles. The van der Waals surface area contributed by atoms with Gasteiger partial charge in [-0.1, -0.05) is 12.1 Å². The number of anilines is 1. The van der Waals surface area contributed by atoms with Crippen LogP contribution in [-0.4, -0.2) is 43.9 Å². The Kier molecular flexibility index (Phi) is 4.04. The molecule has 0 atom stereocenters. The number of benzene rings is 1. The maximum Gasteiger partial charge on any atom is 0.256 e. The highest BCUT2D eigenvalue weighted by atomic mass is 16.2. The number of carbonyl (C=O) groups excluding carboxylic acids is 2. The van der Waals surface area contributed by atoms with Crippen LogP contribution in [0.4, 0.5) is 5.69 Å². The zero-order chi connectivity index (χ0) is 13.8. The van der Waals surface area contributed by atoms with E-state index in [0.717, 1.165) is 25.1 Å². The SMILES string of the molecule is CNC(=O)CN(C)C(=O)c1cccc2c1NCCC2. The highest BCUT2D eigenvalue weighted by Crippen LogP contribution is 2.26. The smallest absolute Gasteiger partial charge is 0.256 e. The topological polar surface area (TPSA) is 61.4 Å². The third-order valence-electron chi connectivity index (χ3n) is 3.31. The first-order valence-corrected chi connectivity index (χ1v) is 6.45. The lowest BCUT2D eigenvalue weighted by Gasteiger charge is -2.23. The van der Waals surface area contributed by atoms with Gasteiger partial charge in [-0.25, -0.2) is 0 Å². The maximum absolute atomic E-state index is 12.4. The zero-order valence-corrected chi connectivity index (χ0v) is 11.3. The second-order valence-electron chi connectivity index (χ2n) is 4.70. The van der Waals surface area contributed by atoms with Crippen LogP contribution in [0.15, 0.2) is 18.2 Å². The fraction of sp³-hybridized carbons (Fsp3) is 0.429. The van der Waals surface area contributed by atoms with Gasteiger partial charge < -0.3 is 15.5 Å². The highest BCUT2D eigenvalue weighted by Gasteiger charge is 2.20. The molecule has 5 nitrogen and oxygen atoms in total. The van der Waals surface area contributed by atoms with E-state index in [4.69, 9.17) is 0 Å². The van der Waals surface area contributed by atoms with E-state index < -0.39 is 0 Å². The van der Waals surface area contributed by atoms with Gasteiger partial charge in [-0.15, -0.1) is 0 Å². The number of carbonyl (C=O) groups is 2. The van der Waals surface area contributed by atoms with Crippen molar-refractivity contribution in [2.24, 2.45) is 0 Å². The average Bonchev–Trinajstić information content (AvgIpc) is 2.45. The number of nitrogens with zero attached hydrogens (tertiary/aromatic N) is 1. The van der Waals surface area contributed by atoms with Gasteiger partial charge in [0.05, 0.1) is 17.8 Å². The van der Waals surface area contributed by atoms with Crippen LogP contribution < -0.4 is 10.6 Å². The van der Waals surface area contributed by atoms with Gasteiger partial charge in [0.1, 0.15) is 0 Å². The van der Waals surface area contributed by atoms with Gasteiger partial charge in [0, 0.05) is 20.6 Å². The quantitative estimate of drug-likeness (QED) is 0.848. The van der Waals surface area contributed by atoms with E-state index in [1.165, 1.54) is 10.5 Å². The molecule has 0 fully saturated rings. The predicted molar refractivity (Wildman–Crippen MR) is 74.3 cm³/mol. The third-order valence-corrected chi connectivity index (χ3v) is 3.31. The number of para-hydroxylation sites is 1. The molecule has 2 amide bonds. The third kappa shape index (κ3) is 2.86. The Morgan fingerprint density at radius 3 is 2.95 bits per heavy atom. The minimum absolute atomic E-state index is 0.0685. The standard InChI is InChI=1S/C14H19N3O2/c1-15-12(18)9-17(2)14(19)11-7-3-5-10-6-4-8-16-13(10)11/h3,5,7,16H,4,6,8-9H2,1-2H3,(H,15,18). The zero-order valence-electron chi connectivity index (χ0n) is 11.3. The molecule has 5 heteroatoms. The van der Waals surface area contributed by atoms with Crippen LogP contribution >= 0.6 is 0 Å². The lowest BCUT2D eigenvalue weighted by atomic mass is 9.99. The summed E-state index contributed by atoms with van der Waals surface area (Å²) >= 11 is 0. The molecule has 1 aromatic rings. The normalized spacial score (nSPS) is 13.2. The summed E-state index contributed by atoms with van der Waals surface area (Å²) in [5.74, 6) is -0.302. The van der Waals surface area contributed by atoms with Crippen molar-refractivity contribution in [2.45, 2.75) is 12.8 Å². The Balaban J connectivity index is 2.21. The van der Waals surface area contributed by atoms with E-state index in [0.29, 0.717) is 5.56 Å². The van der Waals surface area contributed by atoms with E-state index >= 15 is 0 Å². The van der Waals surface area contributed by atoms with Crippen LogP contribution in [0.3, 0.4) is 0 Å². The number of fused-ring (bicyclic) bond motifs is 1. The minimum atomic E-state index is -0.173. The van der Waals surface area contributed by atoms with Crippen LogP contribution in [0.1, 0.15) is 22.3 Å². The number of hydrogen-bond acceptors (Lipinski definition) is 3. The first-order valence-electron chi connectivity index (χ1n) is 6.45. The number of nitrogens with one attached hydrogen (secondary N) is 2. The first kappa shape index (κ1) is 13.4. The van der Waals surface area contributed by atoms with Crippen molar-refractivity contribution >= 4 is 17.5 Å². The molecule has 0 aromatic heterocycles. The van der Waals surface area contributed by atoms with E-state index in [1.54, 1.807) is 20.2 Å². The van der Waals surface area contributed by atoms with Gasteiger partial charge in [-0.05, 0) is 24.5 Å². The van der Waals surface area contributed by atoms with Crippen LogP contribution in [0.2, 0.25) is 0 Å². The molecule has 0 bridgehead atoms. The minimum Gasteiger partial charge on any atom is -0.384 e. The Labute approximate surface area is 113 Å². The summed E-state index contributed by atoms with van der Waals surface area (Å²) in [5, 5.41) is 5.80. The van der Waals surface area contributed by atoms with Gasteiger partial charge in [-0.3, -0.25) is 9.59 Å². The molecular formula is C14H19N3O2. The van der Waals surface area contributed by atoms with Crippen LogP contribution in [0.5, 0.6) is 0 Å². The molecular weight excluding hydrogens is 242 g/mol. The monoisotopic (exact) mass is 261 g/mol. The fourth-order valence-corrected chi connectivity index (χ4v) is 2.26. The van der Waals surface area contributed by atoms with Crippen LogP contribution in [-0.2, 0) is 11.2 Å². The second-order valence-corrected chi connectivity index (χ2v) is 4.70. The van der Waals surface area contributed by atoms with E-state index in [-0.39, 0.29) is 18.4 Å². The second kappa shape index (κ2) is 5.73. The van der Waals surface area contributed by atoms with Gasteiger partial charge in [0.2, 0.25) is 5.91 Å². The van der Waals surface area contributed by atoms with E-state index in [2.05, 4.69) is 10.6 Å². The molecule has 1 aliphatic heterocycles. The van der Waals surface area contributed by atoms with Gasteiger partial charge in [0.15, 0.2) is 0 Å². The predicted octanol–water partition coefficient (Wildman–Crippen LogP) is 0.863. The van der Waals surface area contributed by atoms with Crippen LogP contribution in [0.25, 0.3) is 0 Å². The summed E-state index contributed by atoms with van der Waals surface area (Å²) in [5.41, 5.74) is 2.73. The molecule has 0 saturated carbocycles. The molecule has 0 unspecified atom stereocenters. The molecule has 1 heterocycles. The molecule has 19 heavy (non-hydrogen) atoms. The summed E-state index contributed by atoms with van der Waals surface area (Å²) in [7, 11) is 3.20. The highest BCUT2D eigenvalue weighted by molar-refractivity contribution is 6.01. The van der Waals surface area contributed by atoms with Crippen molar-refractivity contribution < 1.29 is 9.59 Å². The lowest BCUT2D eigenvalue weighted by Crippen LogP contribution is -2.37. The Hall–Kier alpha value is -2.04. The van der Waals surface area contributed by atoms with Crippen molar-refractivity contribution in [3.8, 4) is 0 Å². The number of likely N-dealkylation sites (N-methyl/N-ethyl adjacent to an activating group) is 2. The van der Waals surface area contributed by atoms with Crippen molar-refractivity contribution in [3.05, 3.63) is 29.3 Å². The van der Waals surface area contributed by atoms with Crippen LogP contribution in [0, 0.1) is 0 Å². The summed E-state index contributed by atoms with van der Waals surface area (Å²) in [6.07, 6.45) is 2.07. The number of rotatable bonds is 3.